The van der Waals surface area contributed by atoms with Gasteiger partial charge in [-0.2, -0.15) is 4.31 Å². The quantitative estimate of drug-likeness (QED) is 0.396. The Morgan fingerprint density at radius 3 is 2.39 bits per heavy atom. The number of carbonyl (C=O) groups is 1. The van der Waals surface area contributed by atoms with E-state index in [4.69, 9.17) is 0 Å². The summed E-state index contributed by atoms with van der Waals surface area (Å²) < 4.78 is 40.8. The molecule has 2 heterocycles. The molecule has 13 heteroatoms. The van der Waals surface area contributed by atoms with Gasteiger partial charge in [0.15, 0.2) is 0 Å². The number of piperazine rings is 1. The lowest BCUT2D eigenvalue weighted by Crippen LogP contribution is -2.51. The molecule has 33 heavy (non-hydrogen) atoms. The molecular weight excluding hydrogens is 457 g/mol. The Morgan fingerprint density at radius 1 is 1.09 bits per heavy atom. The number of amides is 1. The number of nitro groups is 1. The molecule has 172 valence electrons. The first kappa shape index (κ1) is 22.5. The molecule has 1 amide bonds. The van der Waals surface area contributed by atoms with Crippen molar-refractivity contribution in [2.75, 3.05) is 26.2 Å². The smallest absolute Gasteiger partial charge is 0.270 e. The Hall–Kier alpha value is -3.71. The van der Waals surface area contributed by atoms with Gasteiger partial charge in [-0.25, -0.2) is 17.8 Å². The average molecular weight is 475 g/mol. The molecule has 0 atom stereocenters. The molecule has 1 aliphatic heterocycles. The van der Waals surface area contributed by atoms with Crippen LogP contribution in [0, 0.1) is 15.9 Å². The van der Waals surface area contributed by atoms with Crippen LogP contribution < -0.4 is 5.56 Å². The molecule has 0 unspecified atom stereocenters. The zero-order valence-corrected chi connectivity index (χ0v) is 17.9. The van der Waals surface area contributed by atoms with Gasteiger partial charge in [0.25, 0.3) is 11.2 Å². The van der Waals surface area contributed by atoms with Crippen molar-refractivity contribution in [3.05, 3.63) is 75.1 Å². The molecule has 4 rings (SSSR count). The Balaban J connectivity index is 1.46. The standard InChI is InChI=1S/C20H18FN5O6S/c21-14-1-4-16(5-2-14)33(31,32)25-9-7-23(8-10-25)19(27)12-24-13-22-18-6-3-15(26(29)30)11-17(18)20(24)28/h1-6,11,13H,7-10,12H2. The zero-order valence-electron chi connectivity index (χ0n) is 17.1. The number of hydrogen-bond donors (Lipinski definition) is 0. The first-order valence-corrected chi connectivity index (χ1v) is 11.3. The largest absolute Gasteiger partial charge is 0.338 e. The highest BCUT2D eigenvalue weighted by Crippen LogP contribution is 2.19. The third-order valence-electron chi connectivity index (χ3n) is 5.37. The van der Waals surface area contributed by atoms with Crippen molar-refractivity contribution in [1.82, 2.24) is 18.8 Å². The third-order valence-corrected chi connectivity index (χ3v) is 7.28. The molecule has 0 aliphatic carbocycles. The Labute approximate surface area is 186 Å². The number of halogens is 1. The van der Waals surface area contributed by atoms with E-state index < -0.39 is 32.2 Å². The fourth-order valence-electron chi connectivity index (χ4n) is 3.55. The van der Waals surface area contributed by atoms with Crippen LogP contribution in [0.3, 0.4) is 0 Å². The summed E-state index contributed by atoms with van der Waals surface area (Å²) in [6.45, 7) is -0.0266. The van der Waals surface area contributed by atoms with Crippen molar-refractivity contribution in [1.29, 1.82) is 0 Å². The molecule has 1 saturated heterocycles. The van der Waals surface area contributed by atoms with Gasteiger partial charge in [0, 0.05) is 38.3 Å². The van der Waals surface area contributed by atoms with Crippen LogP contribution in [0.15, 0.2) is 58.5 Å². The van der Waals surface area contributed by atoms with Crippen LogP contribution in [0.5, 0.6) is 0 Å². The summed E-state index contributed by atoms with van der Waals surface area (Å²) in [6, 6.07) is 8.22. The molecule has 11 nitrogen and oxygen atoms in total. The maximum absolute atomic E-state index is 13.1. The van der Waals surface area contributed by atoms with E-state index in [0.29, 0.717) is 0 Å². The number of carbonyl (C=O) groups excluding carboxylic acids is 1. The molecule has 0 radical (unpaired) electrons. The maximum Gasteiger partial charge on any atom is 0.270 e. The first-order valence-electron chi connectivity index (χ1n) is 9.84. The van der Waals surface area contributed by atoms with Crippen LogP contribution in [0.25, 0.3) is 10.9 Å². The number of hydrogen-bond acceptors (Lipinski definition) is 7. The van der Waals surface area contributed by atoms with Crippen molar-refractivity contribution >= 4 is 32.5 Å². The van der Waals surface area contributed by atoms with Gasteiger partial charge < -0.3 is 4.90 Å². The number of rotatable bonds is 5. The lowest BCUT2D eigenvalue weighted by atomic mass is 10.2. The van der Waals surface area contributed by atoms with Gasteiger partial charge in [-0.15, -0.1) is 0 Å². The van der Waals surface area contributed by atoms with Crippen molar-refractivity contribution in [2.45, 2.75) is 11.4 Å². The van der Waals surface area contributed by atoms with Crippen LogP contribution >= 0.6 is 0 Å². The first-order chi connectivity index (χ1) is 15.7. The molecule has 0 spiro atoms. The predicted octanol–water partition coefficient (Wildman–Crippen LogP) is 0.977. The van der Waals surface area contributed by atoms with E-state index in [0.717, 1.165) is 22.8 Å². The average Bonchev–Trinajstić information content (AvgIpc) is 2.81. The second-order valence-electron chi connectivity index (χ2n) is 7.37. The van der Waals surface area contributed by atoms with Crippen LogP contribution in [-0.2, 0) is 21.4 Å². The van der Waals surface area contributed by atoms with Gasteiger partial charge in [0.1, 0.15) is 12.4 Å². The minimum atomic E-state index is -3.82. The summed E-state index contributed by atoms with van der Waals surface area (Å²) in [5.74, 6) is -0.958. The molecule has 1 fully saturated rings. The Morgan fingerprint density at radius 2 is 1.76 bits per heavy atom. The highest BCUT2D eigenvalue weighted by Gasteiger charge is 2.30. The van der Waals surface area contributed by atoms with Gasteiger partial charge in [-0.3, -0.25) is 24.3 Å². The number of aromatic nitrogens is 2. The summed E-state index contributed by atoms with van der Waals surface area (Å²) in [6.07, 6.45) is 1.20. The van der Waals surface area contributed by atoms with Crippen LogP contribution in [0.2, 0.25) is 0 Å². The fraction of sp³-hybridized carbons (Fsp3) is 0.250. The van der Waals surface area contributed by atoms with E-state index in [1.807, 2.05) is 0 Å². The van der Waals surface area contributed by atoms with Crippen LogP contribution in [-0.4, -0.2) is 64.2 Å². The number of fused-ring (bicyclic) bond motifs is 1. The second-order valence-corrected chi connectivity index (χ2v) is 9.31. The molecule has 1 aromatic heterocycles. The second kappa shape index (κ2) is 8.67. The number of sulfonamides is 1. The van der Waals surface area contributed by atoms with E-state index in [9.17, 15) is 32.5 Å². The topological polar surface area (TPSA) is 136 Å². The number of non-ortho nitro benzene ring substituents is 1. The van der Waals surface area contributed by atoms with E-state index in [2.05, 4.69) is 4.98 Å². The van der Waals surface area contributed by atoms with Gasteiger partial charge in [0.2, 0.25) is 15.9 Å². The van der Waals surface area contributed by atoms with Crippen LogP contribution in [0.4, 0.5) is 10.1 Å². The molecular formula is C20H18FN5O6S. The number of nitro benzene ring substituents is 1. The van der Waals surface area contributed by atoms with E-state index >= 15 is 0 Å². The molecule has 2 aromatic carbocycles. The zero-order chi connectivity index (χ0) is 23.8. The summed E-state index contributed by atoms with van der Waals surface area (Å²) in [5, 5.41) is 11.0. The lowest BCUT2D eigenvalue weighted by Gasteiger charge is -2.34. The predicted molar refractivity (Wildman–Crippen MR) is 114 cm³/mol. The van der Waals surface area contributed by atoms with Crippen molar-refractivity contribution in [2.24, 2.45) is 0 Å². The minimum absolute atomic E-state index is 0.0229. The molecule has 1 aliphatic rings. The van der Waals surface area contributed by atoms with Gasteiger partial charge >= 0.3 is 0 Å². The SMILES string of the molecule is O=C(Cn1cnc2ccc([N+](=O)[O-])cc2c1=O)N1CCN(S(=O)(=O)c2ccc(F)cc2)CC1. The van der Waals surface area contributed by atoms with Crippen molar-refractivity contribution < 1.29 is 22.5 Å². The maximum atomic E-state index is 13.1. The molecule has 0 bridgehead atoms. The van der Waals surface area contributed by atoms with Gasteiger partial charge in [-0.05, 0) is 30.3 Å². The number of benzene rings is 2. The normalized spacial score (nSPS) is 15.0. The fourth-order valence-corrected chi connectivity index (χ4v) is 4.97. The Kier molecular flexibility index (Phi) is 5.91. The van der Waals surface area contributed by atoms with Gasteiger partial charge in [0.05, 0.1) is 27.0 Å². The van der Waals surface area contributed by atoms with E-state index in [1.165, 1.54) is 39.8 Å². The lowest BCUT2D eigenvalue weighted by molar-refractivity contribution is -0.384. The molecule has 3 aromatic rings. The van der Waals surface area contributed by atoms with Crippen LogP contribution in [0.1, 0.15) is 0 Å². The van der Waals surface area contributed by atoms with Crippen molar-refractivity contribution in [3.63, 3.8) is 0 Å². The van der Waals surface area contributed by atoms with E-state index in [1.54, 1.807) is 0 Å². The third kappa shape index (κ3) is 4.45. The molecule has 0 N–H and O–H groups in total. The monoisotopic (exact) mass is 475 g/mol. The summed E-state index contributed by atoms with van der Waals surface area (Å²) in [5.41, 5.74) is -0.576. The minimum Gasteiger partial charge on any atom is -0.338 e. The summed E-state index contributed by atoms with van der Waals surface area (Å²) in [7, 11) is -3.82. The Bertz CT molecular complexity index is 1400. The number of nitrogens with zero attached hydrogens (tertiary/aromatic N) is 5. The van der Waals surface area contributed by atoms with Gasteiger partial charge in [-0.1, -0.05) is 0 Å². The van der Waals surface area contributed by atoms with E-state index in [-0.39, 0.29) is 54.2 Å². The van der Waals surface area contributed by atoms with Crippen molar-refractivity contribution in [3.8, 4) is 0 Å². The molecule has 0 saturated carbocycles. The summed E-state index contributed by atoms with van der Waals surface area (Å²) in [4.78, 5) is 41.2. The highest BCUT2D eigenvalue weighted by atomic mass is 32.2. The summed E-state index contributed by atoms with van der Waals surface area (Å²) >= 11 is 0. The highest BCUT2D eigenvalue weighted by molar-refractivity contribution is 7.89.